The Hall–Kier alpha value is -1.52. The molecule has 0 aliphatic carbocycles. The van der Waals surface area contributed by atoms with Gasteiger partial charge in [0, 0.05) is 6.04 Å². The van der Waals surface area contributed by atoms with E-state index >= 15 is 0 Å². The fourth-order valence-corrected chi connectivity index (χ4v) is 2.74. The van der Waals surface area contributed by atoms with Crippen LogP contribution in [0.1, 0.15) is 5.56 Å². The molecule has 1 aromatic carbocycles. The van der Waals surface area contributed by atoms with E-state index < -0.39 is 0 Å². The van der Waals surface area contributed by atoms with Crippen molar-refractivity contribution in [2.75, 3.05) is 6.61 Å². The highest BCUT2D eigenvalue weighted by Gasteiger charge is 2.26. The quantitative estimate of drug-likeness (QED) is 0.923. The molecule has 2 aromatic rings. The lowest BCUT2D eigenvalue weighted by molar-refractivity contribution is 0.0723. The molecule has 0 bridgehead atoms. The standard InChI is InChI=1S/C14H15NO2S/c15-11(7-10-5-6-18-9-10)14-8-16-12-3-1-2-4-13(12)17-14/h1-6,9,11,14H,7-8,15H2. The van der Waals surface area contributed by atoms with E-state index in [1.54, 1.807) is 11.3 Å². The molecular formula is C14H15NO2S. The maximum absolute atomic E-state index is 6.20. The lowest BCUT2D eigenvalue weighted by atomic mass is 10.0. The third kappa shape index (κ3) is 2.35. The van der Waals surface area contributed by atoms with Gasteiger partial charge in [0.25, 0.3) is 0 Å². The summed E-state index contributed by atoms with van der Waals surface area (Å²) in [6.45, 7) is 0.516. The van der Waals surface area contributed by atoms with Crippen molar-refractivity contribution in [3.05, 3.63) is 46.7 Å². The van der Waals surface area contributed by atoms with E-state index in [2.05, 4.69) is 16.8 Å². The zero-order valence-corrected chi connectivity index (χ0v) is 10.7. The number of para-hydroxylation sites is 2. The summed E-state index contributed by atoms with van der Waals surface area (Å²) in [5.74, 6) is 1.59. The Bertz CT molecular complexity index is 512. The van der Waals surface area contributed by atoms with Gasteiger partial charge in [0.2, 0.25) is 0 Å². The zero-order chi connectivity index (χ0) is 12.4. The smallest absolute Gasteiger partial charge is 0.161 e. The average molecular weight is 261 g/mol. The molecule has 0 amide bonds. The third-order valence-electron chi connectivity index (χ3n) is 3.06. The summed E-state index contributed by atoms with van der Waals surface area (Å²) >= 11 is 1.69. The summed E-state index contributed by atoms with van der Waals surface area (Å²) in [7, 11) is 0. The van der Waals surface area contributed by atoms with Crippen molar-refractivity contribution in [1.29, 1.82) is 0 Å². The molecule has 2 heterocycles. The average Bonchev–Trinajstić information content (AvgIpc) is 2.91. The van der Waals surface area contributed by atoms with Gasteiger partial charge in [-0.25, -0.2) is 0 Å². The third-order valence-corrected chi connectivity index (χ3v) is 3.79. The summed E-state index contributed by atoms with van der Waals surface area (Å²) in [6, 6.07) is 9.76. The Morgan fingerprint density at radius 2 is 2.11 bits per heavy atom. The van der Waals surface area contributed by atoms with Gasteiger partial charge in [0.05, 0.1) is 0 Å². The lowest BCUT2D eigenvalue weighted by Crippen LogP contribution is -2.46. The van der Waals surface area contributed by atoms with E-state index in [1.807, 2.05) is 24.3 Å². The Balaban J connectivity index is 1.68. The molecule has 0 saturated carbocycles. The van der Waals surface area contributed by atoms with Crippen molar-refractivity contribution in [3.63, 3.8) is 0 Å². The van der Waals surface area contributed by atoms with Crippen molar-refractivity contribution in [2.24, 2.45) is 5.73 Å². The van der Waals surface area contributed by atoms with Crippen LogP contribution in [0.2, 0.25) is 0 Å². The predicted octanol–water partition coefficient (Wildman–Crippen LogP) is 2.46. The summed E-state index contributed by atoms with van der Waals surface area (Å²) in [4.78, 5) is 0. The number of ether oxygens (including phenoxy) is 2. The normalized spacial score (nSPS) is 19.5. The highest BCUT2D eigenvalue weighted by Crippen LogP contribution is 2.31. The number of rotatable bonds is 3. The van der Waals surface area contributed by atoms with E-state index in [0.29, 0.717) is 6.61 Å². The van der Waals surface area contributed by atoms with Crippen LogP contribution in [0, 0.1) is 0 Å². The van der Waals surface area contributed by atoms with Gasteiger partial charge in [-0.2, -0.15) is 11.3 Å². The first kappa shape index (κ1) is 11.6. The van der Waals surface area contributed by atoms with Crippen LogP contribution in [0.25, 0.3) is 0 Å². The highest BCUT2D eigenvalue weighted by molar-refractivity contribution is 7.07. The fraction of sp³-hybridized carbons (Fsp3) is 0.286. The first-order chi connectivity index (χ1) is 8.83. The van der Waals surface area contributed by atoms with Crippen LogP contribution >= 0.6 is 11.3 Å². The SMILES string of the molecule is NC(Cc1ccsc1)C1COc2ccccc2O1. The summed E-state index contributed by atoms with van der Waals surface area (Å²) in [5, 5.41) is 4.19. The summed E-state index contributed by atoms with van der Waals surface area (Å²) in [5.41, 5.74) is 7.46. The van der Waals surface area contributed by atoms with E-state index in [-0.39, 0.29) is 12.1 Å². The molecule has 0 saturated heterocycles. The number of fused-ring (bicyclic) bond motifs is 1. The predicted molar refractivity (Wildman–Crippen MR) is 72.4 cm³/mol. The van der Waals surface area contributed by atoms with Crippen molar-refractivity contribution < 1.29 is 9.47 Å². The first-order valence-corrected chi connectivity index (χ1v) is 6.92. The van der Waals surface area contributed by atoms with Crippen LogP contribution in [-0.2, 0) is 6.42 Å². The maximum atomic E-state index is 6.20. The maximum Gasteiger partial charge on any atom is 0.161 e. The van der Waals surface area contributed by atoms with Gasteiger partial charge >= 0.3 is 0 Å². The van der Waals surface area contributed by atoms with Crippen LogP contribution in [0.15, 0.2) is 41.1 Å². The van der Waals surface area contributed by atoms with Crippen LogP contribution < -0.4 is 15.2 Å². The van der Waals surface area contributed by atoms with Gasteiger partial charge in [-0.05, 0) is 40.9 Å². The topological polar surface area (TPSA) is 44.5 Å². The molecule has 3 rings (SSSR count). The Labute approximate surface area is 110 Å². The molecule has 2 N–H and O–H groups in total. The highest BCUT2D eigenvalue weighted by atomic mass is 32.1. The molecule has 94 valence electrons. The molecule has 4 heteroatoms. The Morgan fingerprint density at radius 3 is 2.89 bits per heavy atom. The number of thiophene rings is 1. The van der Waals surface area contributed by atoms with Crippen LogP contribution in [0.5, 0.6) is 11.5 Å². The van der Waals surface area contributed by atoms with Crippen LogP contribution in [0.4, 0.5) is 0 Å². The van der Waals surface area contributed by atoms with Gasteiger partial charge in [-0.1, -0.05) is 12.1 Å². The number of benzene rings is 1. The minimum absolute atomic E-state index is 0.0482. The molecule has 0 radical (unpaired) electrons. The van der Waals surface area contributed by atoms with E-state index in [0.717, 1.165) is 17.9 Å². The van der Waals surface area contributed by atoms with Crippen molar-refractivity contribution in [1.82, 2.24) is 0 Å². The minimum atomic E-state index is -0.0835. The van der Waals surface area contributed by atoms with Gasteiger partial charge in [-0.15, -0.1) is 0 Å². The molecule has 1 aliphatic heterocycles. The molecule has 0 fully saturated rings. The summed E-state index contributed by atoms with van der Waals surface area (Å²) < 4.78 is 11.6. The zero-order valence-electron chi connectivity index (χ0n) is 9.91. The molecule has 2 unspecified atom stereocenters. The monoisotopic (exact) mass is 261 g/mol. The molecule has 1 aromatic heterocycles. The Kier molecular flexibility index (Phi) is 3.21. The molecule has 3 nitrogen and oxygen atoms in total. The largest absolute Gasteiger partial charge is 0.486 e. The number of hydrogen-bond acceptors (Lipinski definition) is 4. The van der Waals surface area contributed by atoms with Crippen LogP contribution in [-0.4, -0.2) is 18.8 Å². The minimum Gasteiger partial charge on any atom is -0.486 e. The molecule has 0 spiro atoms. The summed E-state index contributed by atoms with van der Waals surface area (Å²) in [6.07, 6.45) is 0.736. The fourth-order valence-electron chi connectivity index (χ4n) is 2.06. The van der Waals surface area contributed by atoms with Crippen molar-refractivity contribution in [3.8, 4) is 11.5 Å². The Morgan fingerprint density at radius 1 is 1.28 bits per heavy atom. The van der Waals surface area contributed by atoms with Gasteiger partial charge in [-0.3, -0.25) is 0 Å². The second-order valence-electron chi connectivity index (χ2n) is 4.41. The second-order valence-corrected chi connectivity index (χ2v) is 5.19. The van der Waals surface area contributed by atoms with Crippen LogP contribution in [0.3, 0.4) is 0 Å². The van der Waals surface area contributed by atoms with E-state index in [4.69, 9.17) is 15.2 Å². The first-order valence-electron chi connectivity index (χ1n) is 5.98. The lowest BCUT2D eigenvalue weighted by Gasteiger charge is -2.30. The molecule has 1 aliphatic rings. The van der Waals surface area contributed by atoms with Crippen molar-refractivity contribution >= 4 is 11.3 Å². The van der Waals surface area contributed by atoms with Gasteiger partial charge < -0.3 is 15.2 Å². The van der Waals surface area contributed by atoms with E-state index in [1.165, 1.54) is 5.56 Å². The number of nitrogens with two attached hydrogens (primary N) is 1. The molecule has 18 heavy (non-hydrogen) atoms. The molecular weight excluding hydrogens is 246 g/mol. The van der Waals surface area contributed by atoms with E-state index in [9.17, 15) is 0 Å². The second kappa shape index (κ2) is 5.00. The van der Waals surface area contributed by atoms with Crippen molar-refractivity contribution in [2.45, 2.75) is 18.6 Å². The molecule has 2 atom stereocenters. The van der Waals surface area contributed by atoms with Gasteiger partial charge in [0.1, 0.15) is 12.7 Å². The number of hydrogen-bond donors (Lipinski definition) is 1. The van der Waals surface area contributed by atoms with Gasteiger partial charge in [0.15, 0.2) is 11.5 Å².